The summed E-state index contributed by atoms with van der Waals surface area (Å²) in [7, 11) is 0. The normalized spacial score (nSPS) is 24.9. The van der Waals surface area contributed by atoms with Gasteiger partial charge in [-0.25, -0.2) is 0 Å². The van der Waals surface area contributed by atoms with E-state index < -0.39 is 0 Å². The van der Waals surface area contributed by atoms with Crippen LogP contribution in [0.3, 0.4) is 0 Å². The summed E-state index contributed by atoms with van der Waals surface area (Å²) in [6.07, 6.45) is 4.42. The molecule has 17 heavy (non-hydrogen) atoms. The minimum atomic E-state index is 0.0547. The summed E-state index contributed by atoms with van der Waals surface area (Å²) in [5, 5.41) is 11.8. The first-order valence-corrected chi connectivity index (χ1v) is 6.59. The van der Waals surface area contributed by atoms with Crippen molar-refractivity contribution < 1.29 is 9.90 Å². The first-order valence-electron chi connectivity index (χ1n) is 6.59. The van der Waals surface area contributed by atoms with E-state index in [-0.39, 0.29) is 29.9 Å². The molecular weight excluding hydrogens is 216 g/mol. The van der Waals surface area contributed by atoms with Crippen molar-refractivity contribution in [3.8, 4) is 0 Å². The smallest absolute Gasteiger partial charge is 0.223 e. The molecule has 0 spiro atoms. The highest BCUT2D eigenvalue weighted by molar-refractivity contribution is 5.79. The van der Waals surface area contributed by atoms with Crippen LogP contribution in [0.1, 0.15) is 46.0 Å². The van der Waals surface area contributed by atoms with Crippen LogP contribution in [0.2, 0.25) is 0 Å². The summed E-state index contributed by atoms with van der Waals surface area (Å²) in [6, 6.07) is 0.202. The van der Waals surface area contributed by atoms with Gasteiger partial charge in [0.2, 0.25) is 5.91 Å². The average molecular weight is 242 g/mol. The molecule has 0 aromatic carbocycles. The van der Waals surface area contributed by atoms with Crippen molar-refractivity contribution in [1.82, 2.24) is 5.32 Å². The molecule has 0 aromatic rings. The monoisotopic (exact) mass is 242 g/mol. The Morgan fingerprint density at radius 1 is 1.47 bits per heavy atom. The molecule has 2 unspecified atom stereocenters. The Balaban J connectivity index is 2.27. The highest BCUT2D eigenvalue weighted by Gasteiger charge is 2.28. The molecule has 1 saturated carbocycles. The van der Waals surface area contributed by atoms with Gasteiger partial charge in [0.15, 0.2) is 0 Å². The molecule has 0 heterocycles. The Bertz CT molecular complexity index is 254. The van der Waals surface area contributed by atoms with Crippen molar-refractivity contribution in [3.63, 3.8) is 0 Å². The Labute approximate surface area is 104 Å². The fourth-order valence-corrected chi connectivity index (χ4v) is 2.37. The van der Waals surface area contributed by atoms with Crippen LogP contribution in [0, 0.1) is 11.3 Å². The Morgan fingerprint density at radius 3 is 2.71 bits per heavy atom. The zero-order chi connectivity index (χ0) is 12.9. The van der Waals surface area contributed by atoms with Crippen LogP contribution in [0.4, 0.5) is 0 Å². The molecule has 1 fully saturated rings. The van der Waals surface area contributed by atoms with E-state index in [1.165, 1.54) is 0 Å². The van der Waals surface area contributed by atoms with E-state index in [0.717, 1.165) is 32.1 Å². The lowest BCUT2D eigenvalue weighted by Crippen LogP contribution is -2.37. The van der Waals surface area contributed by atoms with Crippen LogP contribution in [0.5, 0.6) is 0 Å². The second-order valence-electron chi connectivity index (χ2n) is 5.98. The topological polar surface area (TPSA) is 75.3 Å². The summed E-state index contributed by atoms with van der Waals surface area (Å²) in [4.78, 5) is 11.9. The van der Waals surface area contributed by atoms with Crippen LogP contribution in [-0.4, -0.2) is 30.2 Å². The Kier molecular flexibility index (Phi) is 5.40. The van der Waals surface area contributed by atoms with Gasteiger partial charge in [-0.1, -0.05) is 13.8 Å². The number of hydrogen-bond donors (Lipinski definition) is 3. The van der Waals surface area contributed by atoms with Crippen molar-refractivity contribution >= 4 is 5.91 Å². The molecule has 0 aromatic heterocycles. The van der Waals surface area contributed by atoms with E-state index >= 15 is 0 Å². The maximum absolute atomic E-state index is 11.9. The molecule has 100 valence electrons. The predicted molar refractivity (Wildman–Crippen MR) is 68.4 cm³/mol. The van der Waals surface area contributed by atoms with Crippen LogP contribution in [0.25, 0.3) is 0 Å². The lowest BCUT2D eigenvalue weighted by atomic mass is 9.87. The number of aliphatic hydroxyl groups excluding tert-OH is 1. The molecule has 0 bridgehead atoms. The van der Waals surface area contributed by atoms with E-state index in [4.69, 9.17) is 10.8 Å². The van der Waals surface area contributed by atoms with Crippen LogP contribution in [-0.2, 0) is 4.79 Å². The summed E-state index contributed by atoms with van der Waals surface area (Å²) in [5.74, 6) is 0.258. The van der Waals surface area contributed by atoms with E-state index in [1.54, 1.807) is 0 Å². The maximum atomic E-state index is 11.9. The van der Waals surface area contributed by atoms with Gasteiger partial charge in [0.1, 0.15) is 0 Å². The van der Waals surface area contributed by atoms with E-state index in [0.29, 0.717) is 6.54 Å². The van der Waals surface area contributed by atoms with Gasteiger partial charge in [0, 0.05) is 25.1 Å². The van der Waals surface area contributed by atoms with Gasteiger partial charge in [0.25, 0.3) is 0 Å². The van der Waals surface area contributed by atoms with Crippen molar-refractivity contribution in [2.75, 3.05) is 13.2 Å². The van der Waals surface area contributed by atoms with Gasteiger partial charge in [0.05, 0.1) is 0 Å². The van der Waals surface area contributed by atoms with Crippen LogP contribution < -0.4 is 11.1 Å². The van der Waals surface area contributed by atoms with Gasteiger partial charge in [-0.2, -0.15) is 0 Å². The van der Waals surface area contributed by atoms with Gasteiger partial charge in [-0.05, 0) is 37.5 Å². The predicted octanol–water partition coefficient (Wildman–Crippen LogP) is 1.03. The zero-order valence-electron chi connectivity index (χ0n) is 11.0. The first kappa shape index (κ1) is 14.5. The largest absolute Gasteiger partial charge is 0.396 e. The second-order valence-corrected chi connectivity index (χ2v) is 5.98. The minimum absolute atomic E-state index is 0.0547. The number of nitrogens with one attached hydrogen (secondary N) is 1. The molecule has 2 atom stereocenters. The molecule has 4 heteroatoms. The lowest BCUT2D eigenvalue weighted by Gasteiger charge is -2.25. The summed E-state index contributed by atoms with van der Waals surface area (Å²) in [5.41, 5.74) is 5.86. The first-order chi connectivity index (χ1) is 7.94. The van der Waals surface area contributed by atoms with Gasteiger partial charge in [-0.15, -0.1) is 0 Å². The highest BCUT2D eigenvalue weighted by Crippen LogP contribution is 2.25. The number of nitrogens with two attached hydrogens (primary N) is 1. The second kappa shape index (κ2) is 6.36. The molecule has 1 amide bonds. The maximum Gasteiger partial charge on any atom is 0.223 e. The summed E-state index contributed by atoms with van der Waals surface area (Å²) >= 11 is 0. The third-order valence-corrected chi connectivity index (χ3v) is 3.60. The van der Waals surface area contributed by atoms with Crippen LogP contribution >= 0.6 is 0 Å². The van der Waals surface area contributed by atoms with Gasteiger partial charge >= 0.3 is 0 Å². The van der Waals surface area contributed by atoms with Crippen LogP contribution in [0.15, 0.2) is 0 Å². The number of carbonyl (C=O) groups excluding carboxylic acids is 1. The van der Waals surface area contributed by atoms with Crippen molar-refractivity contribution in [2.24, 2.45) is 17.1 Å². The van der Waals surface area contributed by atoms with E-state index in [1.807, 2.05) is 0 Å². The summed E-state index contributed by atoms with van der Waals surface area (Å²) < 4.78 is 0. The average Bonchev–Trinajstić information content (AvgIpc) is 2.70. The lowest BCUT2D eigenvalue weighted by molar-refractivity contribution is -0.125. The Hall–Kier alpha value is -0.610. The molecule has 1 rings (SSSR count). The fraction of sp³-hybridized carbons (Fsp3) is 0.923. The number of amides is 1. The molecular formula is C13H26N2O2. The number of carbonyl (C=O) groups is 1. The fourth-order valence-electron chi connectivity index (χ4n) is 2.37. The molecule has 0 radical (unpaired) electrons. The SMILES string of the molecule is CC(C)(CCCO)CNC(=O)C1CCC(N)C1. The van der Waals surface area contributed by atoms with Gasteiger partial charge < -0.3 is 16.2 Å². The molecule has 1 aliphatic carbocycles. The standard InChI is InChI=1S/C13H26N2O2/c1-13(2,6-3-7-16)9-15-12(17)10-4-5-11(14)8-10/h10-11,16H,3-9,14H2,1-2H3,(H,15,17). The van der Waals surface area contributed by atoms with E-state index in [2.05, 4.69) is 19.2 Å². The number of rotatable bonds is 6. The minimum Gasteiger partial charge on any atom is -0.396 e. The molecule has 0 saturated heterocycles. The summed E-state index contributed by atoms with van der Waals surface area (Å²) in [6.45, 7) is 5.12. The zero-order valence-corrected chi connectivity index (χ0v) is 11.0. The van der Waals surface area contributed by atoms with Crippen molar-refractivity contribution in [3.05, 3.63) is 0 Å². The number of aliphatic hydroxyl groups is 1. The third kappa shape index (κ3) is 5.04. The quantitative estimate of drug-likeness (QED) is 0.651. The molecule has 4 nitrogen and oxygen atoms in total. The van der Waals surface area contributed by atoms with E-state index in [9.17, 15) is 4.79 Å². The van der Waals surface area contributed by atoms with Crippen molar-refractivity contribution in [2.45, 2.75) is 52.0 Å². The third-order valence-electron chi connectivity index (χ3n) is 3.60. The molecule has 0 aliphatic heterocycles. The molecule has 1 aliphatic rings. The molecule has 4 N–H and O–H groups in total. The highest BCUT2D eigenvalue weighted by atomic mass is 16.2. The Morgan fingerprint density at radius 2 is 2.18 bits per heavy atom. The van der Waals surface area contributed by atoms with Gasteiger partial charge in [-0.3, -0.25) is 4.79 Å². The van der Waals surface area contributed by atoms with Crippen molar-refractivity contribution in [1.29, 1.82) is 0 Å². The number of hydrogen-bond acceptors (Lipinski definition) is 3.